The topological polar surface area (TPSA) is 89.7 Å². The number of hydrogen-bond acceptors (Lipinski definition) is 4. The molecule has 126 valence electrons. The summed E-state index contributed by atoms with van der Waals surface area (Å²) in [5.41, 5.74) is 0.461. The molecule has 0 heterocycles. The fraction of sp³-hybridized carbons (Fsp3) is 0.133. The third-order valence-corrected chi connectivity index (χ3v) is 3.04. The van der Waals surface area contributed by atoms with Crippen LogP contribution < -0.4 is 4.74 Å². The first-order chi connectivity index (χ1) is 11.2. The van der Waals surface area contributed by atoms with Gasteiger partial charge in [0.2, 0.25) is 0 Å². The van der Waals surface area contributed by atoms with Gasteiger partial charge in [0.15, 0.2) is 0 Å². The minimum atomic E-state index is -4.81. The van der Waals surface area contributed by atoms with E-state index in [0.29, 0.717) is 11.1 Å². The first kappa shape index (κ1) is 17.3. The minimum Gasteiger partial charge on any atom is -0.481 e. The van der Waals surface area contributed by atoms with Crippen molar-refractivity contribution in [3.63, 3.8) is 0 Å². The fourth-order valence-corrected chi connectivity index (χ4v) is 2.07. The van der Waals surface area contributed by atoms with Crippen molar-refractivity contribution in [3.05, 3.63) is 58.1 Å². The summed E-state index contributed by atoms with van der Waals surface area (Å²) < 4.78 is 40.1. The molecule has 2 aromatic rings. The van der Waals surface area contributed by atoms with E-state index in [0.717, 1.165) is 12.1 Å². The molecule has 0 spiro atoms. The third kappa shape index (κ3) is 4.45. The van der Waals surface area contributed by atoms with Crippen LogP contribution >= 0.6 is 0 Å². The van der Waals surface area contributed by atoms with Gasteiger partial charge in [-0.2, -0.15) is 0 Å². The number of ether oxygens (including phenoxy) is 1. The fourth-order valence-electron chi connectivity index (χ4n) is 2.07. The molecule has 1 N–H and O–H groups in total. The Morgan fingerprint density at radius 2 is 1.71 bits per heavy atom. The lowest BCUT2D eigenvalue weighted by molar-refractivity contribution is -0.385. The van der Waals surface area contributed by atoms with Crippen LogP contribution in [-0.2, 0) is 11.2 Å². The number of halogens is 3. The Morgan fingerprint density at radius 1 is 1.12 bits per heavy atom. The summed E-state index contributed by atoms with van der Waals surface area (Å²) in [6.07, 6.45) is -5.31. The van der Waals surface area contributed by atoms with Crippen LogP contribution in [0.15, 0.2) is 42.5 Å². The van der Waals surface area contributed by atoms with E-state index in [2.05, 4.69) is 4.74 Å². The van der Waals surface area contributed by atoms with E-state index in [4.69, 9.17) is 5.11 Å². The molecule has 0 aliphatic rings. The van der Waals surface area contributed by atoms with Crippen molar-refractivity contribution in [2.24, 2.45) is 0 Å². The van der Waals surface area contributed by atoms with Crippen LogP contribution in [0.4, 0.5) is 18.9 Å². The van der Waals surface area contributed by atoms with Crippen molar-refractivity contribution < 1.29 is 32.7 Å². The molecule has 0 radical (unpaired) electrons. The number of nitro benzene ring substituents is 1. The molecule has 0 bridgehead atoms. The lowest BCUT2D eigenvalue weighted by atomic mass is 10.0. The van der Waals surface area contributed by atoms with Crippen molar-refractivity contribution in [1.29, 1.82) is 0 Å². The van der Waals surface area contributed by atoms with Crippen molar-refractivity contribution in [3.8, 4) is 16.9 Å². The summed E-state index contributed by atoms with van der Waals surface area (Å²) in [5, 5.41) is 19.8. The minimum absolute atomic E-state index is 0.0354. The number of alkyl halides is 3. The highest BCUT2D eigenvalue weighted by molar-refractivity contribution is 5.74. The van der Waals surface area contributed by atoms with Gasteiger partial charge in [0.1, 0.15) is 5.75 Å². The van der Waals surface area contributed by atoms with Crippen LogP contribution in [0.5, 0.6) is 5.75 Å². The summed E-state index contributed by atoms with van der Waals surface area (Å²) in [7, 11) is 0. The standard InChI is InChI=1S/C15H10F3NO5/c16-15(17,18)24-12-5-3-9(4-6-12)10-1-2-11(8-14(20)21)13(7-10)19(22)23/h1-7H,8H2,(H,20,21). The van der Waals surface area contributed by atoms with Gasteiger partial charge in [-0.15, -0.1) is 13.2 Å². The molecular weight excluding hydrogens is 331 g/mol. The van der Waals surface area contributed by atoms with Crippen LogP contribution in [0.2, 0.25) is 0 Å². The normalized spacial score (nSPS) is 11.1. The zero-order valence-electron chi connectivity index (χ0n) is 11.9. The van der Waals surface area contributed by atoms with Gasteiger partial charge in [-0.1, -0.05) is 24.3 Å². The van der Waals surface area contributed by atoms with Crippen LogP contribution in [0, 0.1) is 10.1 Å². The van der Waals surface area contributed by atoms with E-state index in [-0.39, 0.29) is 11.3 Å². The SMILES string of the molecule is O=C(O)Cc1ccc(-c2ccc(OC(F)(F)F)cc2)cc1[N+](=O)[O-]. The number of carbonyl (C=O) groups is 1. The highest BCUT2D eigenvalue weighted by atomic mass is 19.4. The first-order valence-electron chi connectivity index (χ1n) is 6.51. The summed E-state index contributed by atoms with van der Waals surface area (Å²) in [5.74, 6) is -1.62. The van der Waals surface area contributed by atoms with Crippen molar-refractivity contribution >= 4 is 11.7 Å². The second-order valence-electron chi connectivity index (χ2n) is 4.74. The Balaban J connectivity index is 2.33. The highest BCUT2D eigenvalue weighted by Gasteiger charge is 2.31. The number of rotatable bonds is 5. The third-order valence-electron chi connectivity index (χ3n) is 3.04. The van der Waals surface area contributed by atoms with Crippen LogP contribution in [-0.4, -0.2) is 22.4 Å². The molecule has 0 amide bonds. The van der Waals surface area contributed by atoms with Crippen molar-refractivity contribution in [2.75, 3.05) is 0 Å². The quantitative estimate of drug-likeness (QED) is 0.660. The van der Waals surface area contributed by atoms with E-state index in [1.807, 2.05) is 0 Å². The lowest BCUT2D eigenvalue weighted by Gasteiger charge is -2.09. The number of nitrogens with zero attached hydrogens (tertiary/aromatic N) is 1. The monoisotopic (exact) mass is 341 g/mol. The molecule has 6 nitrogen and oxygen atoms in total. The molecule has 0 aliphatic heterocycles. The van der Waals surface area contributed by atoms with Crippen LogP contribution in [0.3, 0.4) is 0 Å². The first-order valence-corrected chi connectivity index (χ1v) is 6.51. The van der Waals surface area contributed by atoms with Crippen LogP contribution in [0.1, 0.15) is 5.56 Å². The largest absolute Gasteiger partial charge is 0.573 e. The van der Waals surface area contributed by atoms with Gasteiger partial charge in [-0.25, -0.2) is 0 Å². The van der Waals surface area contributed by atoms with E-state index < -0.39 is 29.4 Å². The second-order valence-corrected chi connectivity index (χ2v) is 4.74. The molecule has 0 saturated heterocycles. The van der Waals surface area contributed by atoms with E-state index in [1.54, 1.807) is 0 Å². The number of nitro groups is 1. The summed E-state index contributed by atoms with van der Waals surface area (Å²) in [6.45, 7) is 0. The van der Waals surface area contributed by atoms with E-state index in [9.17, 15) is 28.1 Å². The number of carboxylic acids is 1. The maximum Gasteiger partial charge on any atom is 0.573 e. The van der Waals surface area contributed by atoms with Gasteiger partial charge >= 0.3 is 12.3 Å². The Bertz CT molecular complexity index is 772. The molecule has 2 aromatic carbocycles. The summed E-state index contributed by atoms with van der Waals surface area (Å²) in [4.78, 5) is 21.1. The smallest absolute Gasteiger partial charge is 0.481 e. The molecule has 0 unspecified atom stereocenters. The van der Waals surface area contributed by atoms with E-state index in [1.165, 1.54) is 30.3 Å². The van der Waals surface area contributed by atoms with Gasteiger partial charge < -0.3 is 9.84 Å². The predicted molar refractivity (Wildman–Crippen MR) is 76.6 cm³/mol. The maximum atomic E-state index is 12.1. The molecule has 0 saturated carbocycles. The van der Waals surface area contributed by atoms with Gasteiger partial charge in [0.25, 0.3) is 5.69 Å². The molecule has 0 fully saturated rings. The average Bonchev–Trinajstić information content (AvgIpc) is 2.46. The number of carboxylic acid groups (broad SMARTS) is 1. The molecule has 2 rings (SSSR count). The second kappa shape index (κ2) is 6.57. The van der Waals surface area contributed by atoms with Gasteiger partial charge in [-0.05, 0) is 23.3 Å². The van der Waals surface area contributed by atoms with Gasteiger partial charge in [0.05, 0.1) is 11.3 Å². The summed E-state index contributed by atoms with van der Waals surface area (Å²) in [6, 6.07) is 8.75. The zero-order chi connectivity index (χ0) is 17.9. The summed E-state index contributed by atoms with van der Waals surface area (Å²) >= 11 is 0. The zero-order valence-corrected chi connectivity index (χ0v) is 11.9. The average molecular weight is 341 g/mol. The number of hydrogen-bond donors (Lipinski definition) is 1. The predicted octanol–water partition coefficient (Wildman–Crippen LogP) is 3.79. The Morgan fingerprint density at radius 3 is 2.21 bits per heavy atom. The molecule has 24 heavy (non-hydrogen) atoms. The van der Waals surface area contributed by atoms with Gasteiger partial charge in [0, 0.05) is 11.6 Å². The number of aliphatic carboxylic acids is 1. The Hall–Kier alpha value is -3.10. The molecule has 0 aliphatic carbocycles. The van der Waals surface area contributed by atoms with E-state index >= 15 is 0 Å². The lowest BCUT2D eigenvalue weighted by Crippen LogP contribution is -2.16. The Labute approximate surface area is 133 Å². The molecular formula is C15H10F3NO5. The Kier molecular flexibility index (Phi) is 4.72. The van der Waals surface area contributed by atoms with Crippen molar-refractivity contribution in [1.82, 2.24) is 0 Å². The van der Waals surface area contributed by atoms with Gasteiger partial charge in [-0.3, -0.25) is 14.9 Å². The molecule has 9 heteroatoms. The maximum absolute atomic E-state index is 12.1. The van der Waals surface area contributed by atoms with Crippen molar-refractivity contribution in [2.45, 2.75) is 12.8 Å². The number of benzene rings is 2. The molecule has 0 atom stereocenters. The molecule has 0 aromatic heterocycles. The van der Waals surface area contributed by atoms with Crippen LogP contribution in [0.25, 0.3) is 11.1 Å². The highest BCUT2D eigenvalue weighted by Crippen LogP contribution is 2.30.